The molecule has 1 unspecified atom stereocenters. The summed E-state index contributed by atoms with van der Waals surface area (Å²) >= 11 is 0. The molecule has 1 radical (unpaired) electrons. The van der Waals surface area contributed by atoms with Gasteiger partial charge in [0, 0.05) is 6.54 Å². The molecule has 1 aliphatic heterocycles. The van der Waals surface area contributed by atoms with Crippen molar-refractivity contribution < 1.29 is 14.3 Å². The van der Waals surface area contributed by atoms with E-state index in [9.17, 15) is 4.79 Å². The van der Waals surface area contributed by atoms with Crippen LogP contribution in [-0.4, -0.2) is 53.6 Å². The summed E-state index contributed by atoms with van der Waals surface area (Å²) in [6.45, 7) is 1.85. The van der Waals surface area contributed by atoms with Crippen molar-refractivity contribution in [3.05, 3.63) is 30.8 Å². The second kappa shape index (κ2) is 7.44. The van der Waals surface area contributed by atoms with Crippen molar-refractivity contribution in [2.24, 2.45) is 5.73 Å². The number of ether oxygens (including phenoxy) is 2. The summed E-state index contributed by atoms with van der Waals surface area (Å²) in [5.41, 5.74) is 6.88. The highest BCUT2D eigenvalue weighted by molar-refractivity contribution is 5.81. The molecule has 3 rings (SSSR count). The van der Waals surface area contributed by atoms with Gasteiger partial charge in [0.2, 0.25) is 11.8 Å². The monoisotopic (exact) mass is 329 g/mol. The van der Waals surface area contributed by atoms with Gasteiger partial charge in [0.25, 0.3) is 0 Å². The van der Waals surface area contributed by atoms with Gasteiger partial charge in [-0.2, -0.15) is 0 Å². The summed E-state index contributed by atoms with van der Waals surface area (Å²) in [7, 11) is 1.60. The van der Waals surface area contributed by atoms with Gasteiger partial charge < -0.3 is 15.2 Å². The van der Waals surface area contributed by atoms with Crippen LogP contribution in [0.1, 0.15) is 12.8 Å². The van der Waals surface area contributed by atoms with E-state index in [1.807, 2.05) is 18.2 Å². The maximum Gasteiger partial charge on any atom is 0.234 e. The molecular weight excluding hydrogens is 308 g/mol. The first-order valence-electron chi connectivity index (χ1n) is 7.96. The van der Waals surface area contributed by atoms with E-state index < -0.39 is 0 Å². The van der Waals surface area contributed by atoms with Crippen LogP contribution >= 0.6 is 0 Å². The standard InChI is InChI=1S/C17H21N4O3/c1-23-14-7-4-5-12-16(14)20-15(11-19-12)24-10-9-21-8-3-2-6-13(21)17(18)22/h2,4-5,7,11,13H,3,6,8-10H2,1H3,(H2,18,22). The molecule has 24 heavy (non-hydrogen) atoms. The van der Waals surface area contributed by atoms with E-state index in [1.54, 1.807) is 13.3 Å². The van der Waals surface area contributed by atoms with Crippen molar-refractivity contribution in [2.45, 2.75) is 18.9 Å². The predicted octanol–water partition coefficient (Wildman–Crippen LogP) is 1.17. The van der Waals surface area contributed by atoms with Crippen LogP contribution in [-0.2, 0) is 4.79 Å². The minimum absolute atomic E-state index is 0.245. The Morgan fingerprint density at radius 3 is 3.12 bits per heavy atom. The van der Waals surface area contributed by atoms with E-state index in [0.29, 0.717) is 36.7 Å². The maximum absolute atomic E-state index is 11.5. The number of hydrogen-bond donors (Lipinski definition) is 1. The Morgan fingerprint density at radius 2 is 2.33 bits per heavy atom. The molecule has 0 spiro atoms. The van der Waals surface area contributed by atoms with E-state index in [0.717, 1.165) is 18.5 Å². The fourth-order valence-corrected chi connectivity index (χ4v) is 2.89. The van der Waals surface area contributed by atoms with Crippen molar-refractivity contribution in [1.29, 1.82) is 0 Å². The molecule has 1 aliphatic rings. The molecule has 2 heterocycles. The van der Waals surface area contributed by atoms with Crippen molar-refractivity contribution in [1.82, 2.24) is 14.9 Å². The quantitative estimate of drug-likeness (QED) is 0.855. The number of rotatable bonds is 6. The van der Waals surface area contributed by atoms with Crippen LogP contribution < -0.4 is 15.2 Å². The van der Waals surface area contributed by atoms with Crippen LogP contribution in [0.15, 0.2) is 24.4 Å². The number of fused-ring (bicyclic) bond motifs is 1. The lowest BCUT2D eigenvalue weighted by Crippen LogP contribution is -2.49. The van der Waals surface area contributed by atoms with E-state index in [4.69, 9.17) is 15.2 Å². The number of hydrogen-bond acceptors (Lipinski definition) is 6. The summed E-state index contributed by atoms with van der Waals surface area (Å²) in [4.78, 5) is 22.3. The molecule has 1 amide bonds. The topological polar surface area (TPSA) is 90.6 Å². The Kier molecular flexibility index (Phi) is 5.10. The smallest absolute Gasteiger partial charge is 0.234 e. The Labute approximate surface area is 140 Å². The van der Waals surface area contributed by atoms with E-state index in [1.165, 1.54) is 0 Å². The predicted molar refractivity (Wildman–Crippen MR) is 89.7 cm³/mol. The number of likely N-dealkylation sites (tertiary alicyclic amines) is 1. The fourth-order valence-electron chi connectivity index (χ4n) is 2.89. The molecule has 1 saturated heterocycles. The number of para-hydroxylation sites is 1. The first-order chi connectivity index (χ1) is 11.7. The van der Waals surface area contributed by atoms with Crippen LogP contribution in [0, 0.1) is 6.42 Å². The first-order valence-corrected chi connectivity index (χ1v) is 7.96. The molecule has 2 N–H and O–H groups in total. The number of primary amides is 1. The molecule has 2 aromatic rings. The number of benzene rings is 1. The SMILES string of the molecule is COc1cccc2ncc(OCCN3CC[CH]CC3C(N)=O)nc12. The van der Waals surface area contributed by atoms with Crippen LogP contribution in [0.3, 0.4) is 0 Å². The van der Waals surface area contributed by atoms with E-state index >= 15 is 0 Å². The Balaban J connectivity index is 1.64. The minimum atomic E-state index is -0.291. The number of piperidine rings is 1. The van der Waals surface area contributed by atoms with Gasteiger partial charge in [0.1, 0.15) is 17.9 Å². The number of carbonyl (C=O) groups excluding carboxylic acids is 1. The molecule has 1 aromatic heterocycles. The molecule has 0 aliphatic carbocycles. The number of nitrogens with zero attached hydrogens (tertiary/aromatic N) is 3. The van der Waals surface area contributed by atoms with Crippen molar-refractivity contribution >= 4 is 16.9 Å². The van der Waals surface area contributed by atoms with Gasteiger partial charge in [0.05, 0.1) is 24.9 Å². The highest BCUT2D eigenvalue weighted by Crippen LogP contribution is 2.23. The third-order valence-corrected chi connectivity index (χ3v) is 4.14. The molecule has 1 atom stereocenters. The summed E-state index contributed by atoms with van der Waals surface area (Å²) < 4.78 is 11.0. The summed E-state index contributed by atoms with van der Waals surface area (Å²) in [6.07, 6.45) is 5.35. The molecule has 1 fully saturated rings. The third-order valence-electron chi connectivity index (χ3n) is 4.14. The molecule has 1 aromatic carbocycles. The van der Waals surface area contributed by atoms with Gasteiger partial charge in [-0.25, -0.2) is 9.97 Å². The highest BCUT2D eigenvalue weighted by Gasteiger charge is 2.26. The lowest BCUT2D eigenvalue weighted by Gasteiger charge is -2.33. The van der Waals surface area contributed by atoms with Crippen LogP contribution in [0.4, 0.5) is 0 Å². The normalized spacial score (nSPS) is 18.5. The molecule has 0 bridgehead atoms. The average molecular weight is 329 g/mol. The van der Waals surface area contributed by atoms with Gasteiger partial charge in [-0.15, -0.1) is 0 Å². The highest BCUT2D eigenvalue weighted by atomic mass is 16.5. The zero-order valence-electron chi connectivity index (χ0n) is 13.6. The summed E-state index contributed by atoms with van der Waals surface area (Å²) in [5.74, 6) is 0.804. The summed E-state index contributed by atoms with van der Waals surface area (Å²) in [6, 6.07) is 5.33. The van der Waals surface area contributed by atoms with Gasteiger partial charge in [-0.1, -0.05) is 6.07 Å². The van der Waals surface area contributed by atoms with Crippen molar-refractivity contribution in [2.75, 3.05) is 26.8 Å². The van der Waals surface area contributed by atoms with Crippen molar-refractivity contribution in [3.8, 4) is 11.6 Å². The number of amides is 1. The third kappa shape index (κ3) is 3.56. The van der Waals surface area contributed by atoms with Crippen LogP contribution in [0.2, 0.25) is 0 Å². The van der Waals surface area contributed by atoms with Crippen LogP contribution in [0.25, 0.3) is 11.0 Å². The van der Waals surface area contributed by atoms with E-state index in [2.05, 4.69) is 21.3 Å². The zero-order valence-corrected chi connectivity index (χ0v) is 13.6. The van der Waals surface area contributed by atoms with Gasteiger partial charge >= 0.3 is 0 Å². The lowest BCUT2D eigenvalue weighted by molar-refractivity contribution is -0.123. The minimum Gasteiger partial charge on any atom is -0.494 e. The summed E-state index contributed by atoms with van der Waals surface area (Å²) in [5, 5.41) is 0. The zero-order chi connectivity index (χ0) is 16.9. The fraction of sp³-hybridized carbons (Fsp3) is 0.412. The van der Waals surface area contributed by atoms with E-state index in [-0.39, 0.29) is 11.9 Å². The first kappa shape index (κ1) is 16.4. The Morgan fingerprint density at radius 1 is 1.46 bits per heavy atom. The second-order valence-corrected chi connectivity index (χ2v) is 5.65. The van der Waals surface area contributed by atoms with Crippen molar-refractivity contribution in [3.63, 3.8) is 0 Å². The number of aromatic nitrogens is 2. The Bertz CT molecular complexity index is 722. The molecular formula is C17H21N4O3. The number of methoxy groups -OCH3 is 1. The molecule has 127 valence electrons. The second-order valence-electron chi connectivity index (χ2n) is 5.65. The Hall–Kier alpha value is -2.41. The maximum atomic E-state index is 11.5. The largest absolute Gasteiger partial charge is 0.494 e. The molecule has 0 saturated carbocycles. The number of nitrogens with two attached hydrogens (primary N) is 1. The lowest BCUT2D eigenvalue weighted by atomic mass is 10.0. The van der Waals surface area contributed by atoms with Crippen LogP contribution in [0.5, 0.6) is 11.6 Å². The number of carbonyl (C=O) groups is 1. The molecule has 7 heteroatoms. The van der Waals surface area contributed by atoms with Gasteiger partial charge in [-0.3, -0.25) is 9.69 Å². The van der Waals surface area contributed by atoms with Gasteiger partial charge in [0.15, 0.2) is 0 Å². The molecule has 7 nitrogen and oxygen atoms in total. The average Bonchev–Trinajstić information content (AvgIpc) is 2.61. The van der Waals surface area contributed by atoms with Gasteiger partial charge in [-0.05, 0) is 37.9 Å².